The van der Waals surface area contributed by atoms with Crippen LogP contribution in [0.5, 0.6) is 0 Å². The highest BCUT2D eigenvalue weighted by molar-refractivity contribution is 5.92. The summed E-state index contributed by atoms with van der Waals surface area (Å²) >= 11 is 0. The van der Waals surface area contributed by atoms with Crippen molar-refractivity contribution in [3.63, 3.8) is 0 Å². The van der Waals surface area contributed by atoms with Crippen molar-refractivity contribution in [3.05, 3.63) is 60.4 Å². The molecule has 1 aromatic carbocycles. The van der Waals surface area contributed by atoms with Gasteiger partial charge in [0.25, 0.3) is 5.89 Å². The molecular formula is C18H15N5O3. The van der Waals surface area contributed by atoms with Gasteiger partial charge in [-0.15, -0.1) is 0 Å². The zero-order valence-corrected chi connectivity index (χ0v) is 13.9. The fourth-order valence-electron chi connectivity index (χ4n) is 2.54. The van der Waals surface area contributed by atoms with Crippen molar-refractivity contribution in [2.24, 2.45) is 0 Å². The van der Waals surface area contributed by atoms with Gasteiger partial charge in [0.15, 0.2) is 11.6 Å². The molecule has 0 atom stereocenters. The highest BCUT2D eigenvalue weighted by atomic mass is 16.4. The number of carbonyl (C=O) groups excluding carboxylic acids is 1. The van der Waals surface area contributed by atoms with E-state index < -0.39 is 0 Å². The van der Waals surface area contributed by atoms with Gasteiger partial charge in [0.2, 0.25) is 5.91 Å². The SMILES string of the molecule is Cc1oc(-c2ccco2)nc1CC(=O)Nc1cccc(-c2ncn[nH]2)c1. The van der Waals surface area contributed by atoms with Crippen molar-refractivity contribution in [1.82, 2.24) is 20.2 Å². The van der Waals surface area contributed by atoms with E-state index >= 15 is 0 Å². The van der Waals surface area contributed by atoms with E-state index in [0.717, 1.165) is 5.56 Å². The van der Waals surface area contributed by atoms with Gasteiger partial charge < -0.3 is 14.2 Å². The standard InChI is InChI=1S/C18H15N5O3/c1-11-14(22-18(26-11)15-6-3-7-25-15)9-16(24)21-13-5-2-4-12(8-13)17-19-10-20-23-17/h2-8,10H,9H2,1H3,(H,21,24)(H,19,20,23). The molecule has 0 aliphatic rings. The van der Waals surface area contributed by atoms with Crippen LogP contribution >= 0.6 is 0 Å². The van der Waals surface area contributed by atoms with Crippen molar-refractivity contribution >= 4 is 11.6 Å². The second kappa shape index (κ2) is 6.67. The maximum absolute atomic E-state index is 12.4. The van der Waals surface area contributed by atoms with Crippen LogP contribution in [0.4, 0.5) is 5.69 Å². The number of amides is 1. The fraction of sp³-hybridized carbons (Fsp3) is 0.111. The summed E-state index contributed by atoms with van der Waals surface area (Å²) in [6.45, 7) is 1.77. The van der Waals surface area contributed by atoms with Gasteiger partial charge in [0.1, 0.15) is 12.1 Å². The Hall–Kier alpha value is -3.68. The number of anilines is 1. The van der Waals surface area contributed by atoms with Gasteiger partial charge in [0.05, 0.1) is 18.4 Å². The molecule has 4 rings (SSSR count). The fourth-order valence-corrected chi connectivity index (χ4v) is 2.54. The Morgan fingerprint density at radius 2 is 2.19 bits per heavy atom. The molecule has 3 heterocycles. The number of hydrogen-bond donors (Lipinski definition) is 2. The molecule has 0 saturated heterocycles. The molecule has 3 aromatic heterocycles. The predicted molar refractivity (Wildman–Crippen MR) is 93.1 cm³/mol. The maximum Gasteiger partial charge on any atom is 0.263 e. The molecule has 2 N–H and O–H groups in total. The largest absolute Gasteiger partial charge is 0.459 e. The van der Waals surface area contributed by atoms with Gasteiger partial charge in [-0.1, -0.05) is 12.1 Å². The topological polar surface area (TPSA) is 110 Å². The first-order chi connectivity index (χ1) is 12.7. The first kappa shape index (κ1) is 15.8. The number of aromatic nitrogens is 4. The molecule has 1 amide bonds. The number of nitrogens with zero attached hydrogens (tertiary/aromatic N) is 3. The van der Waals surface area contributed by atoms with Crippen LogP contribution in [0, 0.1) is 6.92 Å². The summed E-state index contributed by atoms with van der Waals surface area (Å²) in [5.74, 6) is 1.92. The molecule has 0 spiro atoms. The van der Waals surface area contributed by atoms with Crippen molar-refractivity contribution in [3.8, 4) is 23.0 Å². The number of carbonyl (C=O) groups is 1. The van der Waals surface area contributed by atoms with E-state index in [1.807, 2.05) is 24.3 Å². The third-order valence-electron chi connectivity index (χ3n) is 3.79. The Morgan fingerprint density at radius 3 is 2.96 bits per heavy atom. The Morgan fingerprint density at radius 1 is 1.27 bits per heavy atom. The van der Waals surface area contributed by atoms with E-state index in [2.05, 4.69) is 25.5 Å². The summed E-state index contributed by atoms with van der Waals surface area (Å²) < 4.78 is 10.8. The summed E-state index contributed by atoms with van der Waals surface area (Å²) in [4.78, 5) is 20.8. The molecule has 8 heteroatoms. The second-order valence-electron chi connectivity index (χ2n) is 5.64. The number of oxazole rings is 1. The molecular weight excluding hydrogens is 334 g/mol. The summed E-state index contributed by atoms with van der Waals surface area (Å²) in [6, 6.07) is 10.9. The van der Waals surface area contributed by atoms with Crippen molar-refractivity contribution in [2.75, 3.05) is 5.32 Å². The average Bonchev–Trinajstić information content (AvgIpc) is 3.37. The number of hydrogen-bond acceptors (Lipinski definition) is 6. The molecule has 4 aromatic rings. The number of rotatable bonds is 5. The number of benzene rings is 1. The van der Waals surface area contributed by atoms with Crippen LogP contribution in [0.25, 0.3) is 23.0 Å². The third kappa shape index (κ3) is 3.25. The van der Waals surface area contributed by atoms with Gasteiger partial charge in [-0.25, -0.2) is 9.97 Å². The van der Waals surface area contributed by atoms with E-state index in [0.29, 0.717) is 34.6 Å². The highest BCUT2D eigenvalue weighted by Crippen LogP contribution is 2.23. The van der Waals surface area contributed by atoms with Gasteiger partial charge in [-0.05, 0) is 31.2 Å². The summed E-state index contributed by atoms with van der Waals surface area (Å²) in [5.41, 5.74) is 2.06. The Kier molecular flexibility index (Phi) is 4.06. The molecule has 8 nitrogen and oxygen atoms in total. The lowest BCUT2D eigenvalue weighted by atomic mass is 10.2. The predicted octanol–water partition coefficient (Wildman–Crippen LogP) is 3.21. The molecule has 0 aliphatic heterocycles. The minimum Gasteiger partial charge on any atom is -0.459 e. The lowest BCUT2D eigenvalue weighted by Gasteiger charge is -2.05. The first-order valence-electron chi connectivity index (χ1n) is 7.95. The number of aryl methyl sites for hydroxylation is 1. The van der Waals surface area contributed by atoms with Crippen LogP contribution in [0.1, 0.15) is 11.5 Å². The molecule has 0 bridgehead atoms. The molecule has 26 heavy (non-hydrogen) atoms. The highest BCUT2D eigenvalue weighted by Gasteiger charge is 2.16. The summed E-state index contributed by atoms with van der Waals surface area (Å²) in [6.07, 6.45) is 3.08. The summed E-state index contributed by atoms with van der Waals surface area (Å²) in [7, 11) is 0. The van der Waals surface area contributed by atoms with E-state index in [4.69, 9.17) is 8.83 Å². The maximum atomic E-state index is 12.4. The smallest absolute Gasteiger partial charge is 0.263 e. The van der Waals surface area contributed by atoms with E-state index in [1.165, 1.54) is 6.33 Å². The van der Waals surface area contributed by atoms with E-state index in [-0.39, 0.29) is 12.3 Å². The molecule has 0 radical (unpaired) electrons. The van der Waals surface area contributed by atoms with Crippen molar-refractivity contribution in [1.29, 1.82) is 0 Å². The lowest BCUT2D eigenvalue weighted by Crippen LogP contribution is -2.15. The number of H-pyrrole nitrogens is 1. The van der Waals surface area contributed by atoms with Crippen LogP contribution in [-0.4, -0.2) is 26.1 Å². The molecule has 0 saturated carbocycles. The summed E-state index contributed by atoms with van der Waals surface area (Å²) in [5, 5.41) is 9.48. The van der Waals surface area contributed by atoms with Crippen LogP contribution in [-0.2, 0) is 11.2 Å². The zero-order chi connectivity index (χ0) is 17.9. The second-order valence-corrected chi connectivity index (χ2v) is 5.64. The Balaban J connectivity index is 1.47. The normalized spacial score (nSPS) is 10.8. The number of nitrogens with one attached hydrogen (secondary N) is 2. The van der Waals surface area contributed by atoms with Crippen LogP contribution in [0.2, 0.25) is 0 Å². The van der Waals surface area contributed by atoms with Gasteiger partial charge in [-0.2, -0.15) is 5.10 Å². The molecule has 0 unspecified atom stereocenters. The minimum absolute atomic E-state index is 0.0998. The van der Waals surface area contributed by atoms with Crippen molar-refractivity contribution < 1.29 is 13.6 Å². The quantitative estimate of drug-likeness (QED) is 0.572. The monoisotopic (exact) mass is 349 g/mol. The number of aromatic amines is 1. The zero-order valence-electron chi connectivity index (χ0n) is 13.9. The van der Waals surface area contributed by atoms with Gasteiger partial charge in [0, 0.05) is 11.3 Å². The van der Waals surface area contributed by atoms with E-state index in [1.54, 1.807) is 25.3 Å². The average molecular weight is 349 g/mol. The third-order valence-corrected chi connectivity index (χ3v) is 3.79. The van der Waals surface area contributed by atoms with Crippen LogP contribution < -0.4 is 5.32 Å². The van der Waals surface area contributed by atoms with E-state index in [9.17, 15) is 4.79 Å². The van der Waals surface area contributed by atoms with Crippen LogP contribution in [0.3, 0.4) is 0 Å². The number of furan rings is 1. The van der Waals surface area contributed by atoms with Crippen molar-refractivity contribution in [2.45, 2.75) is 13.3 Å². The molecule has 0 aliphatic carbocycles. The first-order valence-corrected chi connectivity index (χ1v) is 7.95. The molecule has 130 valence electrons. The van der Waals surface area contributed by atoms with Gasteiger partial charge in [-0.3, -0.25) is 9.89 Å². The van der Waals surface area contributed by atoms with Gasteiger partial charge >= 0.3 is 0 Å². The lowest BCUT2D eigenvalue weighted by molar-refractivity contribution is -0.115. The van der Waals surface area contributed by atoms with Crippen LogP contribution in [0.15, 0.2) is 57.8 Å². The molecule has 0 fully saturated rings. The Labute approximate surface area is 148 Å². The Bertz CT molecular complexity index is 1020. The minimum atomic E-state index is -0.192.